The molecule has 0 aliphatic heterocycles. The van der Waals surface area contributed by atoms with Gasteiger partial charge in [-0.25, -0.2) is 0 Å². The van der Waals surface area contributed by atoms with Crippen LogP contribution < -0.4 is 10.6 Å². The second-order valence-electron chi connectivity index (χ2n) is 6.14. The van der Waals surface area contributed by atoms with Gasteiger partial charge in [-0.2, -0.15) is 0 Å². The van der Waals surface area contributed by atoms with Crippen LogP contribution in [0.4, 0.5) is 5.69 Å². The molecule has 0 spiro atoms. The Morgan fingerprint density at radius 2 is 2.00 bits per heavy atom. The standard InChI is InChI=1S/C16H25BrN2/c1-11(2)19(10-13-4-5-13)16-9-15(17)7-6-14(16)8-12(3)18/h6-7,9,11-13H,4-5,8,10,18H2,1-3H3. The average molecular weight is 325 g/mol. The number of anilines is 1. The molecule has 0 amide bonds. The van der Waals surface area contributed by atoms with Crippen LogP contribution in [0.3, 0.4) is 0 Å². The van der Waals surface area contributed by atoms with E-state index in [0.29, 0.717) is 6.04 Å². The van der Waals surface area contributed by atoms with Gasteiger partial charge in [-0.05, 0) is 63.6 Å². The van der Waals surface area contributed by atoms with E-state index in [-0.39, 0.29) is 6.04 Å². The van der Waals surface area contributed by atoms with Crippen molar-refractivity contribution in [2.75, 3.05) is 11.4 Å². The Morgan fingerprint density at radius 1 is 1.32 bits per heavy atom. The summed E-state index contributed by atoms with van der Waals surface area (Å²) in [6.07, 6.45) is 3.72. The maximum absolute atomic E-state index is 5.99. The Hall–Kier alpha value is -0.540. The molecule has 1 unspecified atom stereocenters. The highest BCUT2D eigenvalue weighted by Crippen LogP contribution is 2.34. The lowest BCUT2D eigenvalue weighted by Gasteiger charge is -2.31. The Labute approximate surface area is 125 Å². The van der Waals surface area contributed by atoms with Crippen molar-refractivity contribution in [1.82, 2.24) is 0 Å². The monoisotopic (exact) mass is 324 g/mol. The molecule has 1 aromatic rings. The molecule has 0 aromatic heterocycles. The average Bonchev–Trinajstić information content (AvgIpc) is 3.11. The normalized spacial score (nSPS) is 16.7. The van der Waals surface area contributed by atoms with E-state index < -0.39 is 0 Å². The van der Waals surface area contributed by atoms with Crippen LogP contribution in [0.15, 0.2) is 22.7 Å². The number of benzene rings is 1. The first kappa shape index (κ1) is 14.9. The van der Waals surface area contributed by atoms with Crippen molar-refractivity contribution in [3.63, 3.8) is 0 Å². The molecule has 0 bridgehead atoms. The molecule has 0 saturated heterocycles. The lowest BCUT2D eigenvalue weighted by atomic mass is 10.0. The molecule has 106 valence electrons. The fourth-order valence-corrected chi connectivity index (χ4v) is 2.84. The molecule has 3 heteroatoms. The Bertz CT molecular complexity index is 425. The molecule has 19 heavy (non-hydrogen) atoms. The molecule has 1 aliphatic rings. The van der Waals surface area contributed by atoms with E-state index in [1.807, 2.05) is 0 Å². The van der Waals surface area contributed by atoms with Crippen molar-refractivity contribution in [3.05, 3.63) is 28.2 Å². The maximum atomic E-state index is 5.99. The van der Waals surface area contributed by atoms with Gasteiger partial charge in [0, 0.05) is 28.8 Å². The summed E-state index contributed by atoms with van der Waals surface area (Å²) in [4.78, 5) is 2.54. The summed E-state index contributed by atoms with van der Waals surface area (Å²) in [5.41, 5.74) is 8.71. The maximum Gasteiger partial charge on any atom is 0.0413 e. The van der Waals surface area contributed by atoms with E-state index in [9.17, 15) is 0 Å². The van der Waals surface area contributed by atoms with E-state index in [1.54, 1.807) is 0 Å². The van der Waals surface area contributed by atoms with E-state index in [4.69, 9.17) is 5.73 Å². The summed E-state index contributed by atoms with van der Waals surface area (Å²) < 4.78 is 1.15. The molecule has 0 radical (unpaired) electrons. The zero-order chi connectivity index (χ0) is 14.0. The van der Waals surface area contributed by atoms with Crippen LogP contribution in [0, 0.1) is 5.92 Å². The van der Waals surface area contributed by atoms with Gasteiger partial charge in [0.1, 0.15) is 0 Å². The van der Waals surface area contributed by atoms with Gasteiger partial charge in [0.25, 0.3) is 0 Å². The lowest BCUT2D eigenvalue weighted by Crippen LogP contribution is -2.34. The van der Waals surface area contributed by atoms with Gasteiger partial charge in [-0.1, -0.05) is 22.0 Å². The first-order valence-electron chi connectivity index (χ1n) is 7.28. The number of nitrogens with two attached hydrogens (primary N) is 1. The Morgan fingerprint density at radius 3 is 2.53 bits per heavy atom. The second-order valence-corrected chi connectivity index (χ2v) is 7.06. The number of halogens is 1. The van der Waals surface area contributed by atoms with Gasteiger partial charge in [0.2, 0.25) is 0 Å². The quantitative estimate of drug-likeness (QED) is 0.858. The molecule has 0 heterocycles. The van der Waals surface area contributed by atoms with Crippen LogP contribution in [0.2, 0.25) is 0 Å². The third kappa shape index (κ3) is 4.22. The largest absolute Gasteiger partial charge is 0.369 e. The Balaban J connectivity index is 2.29. The van der Waals surface area contributed by atoms with Crippen molar-refractivity contribution in [2.45, 2.75) is 52.1 Å². The van der Waals surface area contributed by atoms with Crippen molar-refractivity contribution in [3.8, 4) is 0 Å². The van der Waals surface area contributed by atoms with E-state index >= 15 is 0 Å². The fourth-order valence-electron chi connectivity index (χ4n) is 2.49. The van der Waals surface area contributed by atoms with Crippen LogP contribution in [0.1, 0.15) is 39.2 Å². The van der Waals surface area contributed by atoms with Crippen molar-refractivity contribution >= 4 is 21.6 Å². The van der Waals surface area contributed by atoms with Gasteiger partial charge in [-0.15, -0.1) is 0 Å². The van der Waals surface area contributed by atoms with E-state index in [1.165, 1.54) is 30.6 Å². The molecule has 2 rings (SSSR count). The first-order valence-corrected chi connectivity index (χ1v) is 8.07. The van der Waals surface area contributed by atoms with Gasteiger partial charge in [0.15, 0.2) is 0 Å². The van der Waals surface area contributed by atoms with Crippen molar-refractivity contribution in [2.24, 2.45) is 11.7 Å². The molecule has 1 aromatic carbocycles. The summed E-state index contributed by atoms with van der Waals surface area (Å²) in [6.45, 7) is 7.81. The summed E-state index contributed by atoms with van der Waals surface area (Å²) in [5.74, 6) is 0.893. The highest BCUT2D eigenvalue weighted by molar-refractivity contribution is 9.10. The van der Waals surface area contributed by atoms with Crippen molar-refractivity contribution in [1.29, 1.82) is 0 Å². The fraction of sp³-hybridized carbons (Fsp3) is 0.625. The molecule has 2 nitrogen and oxygen atoms in total. The molecule has 1 fully saturated rings. The summed E-state index contributed by atoms with van der Waals surface area (Å²) in [5, 5.41) is 0. The minimum absolute atomic E-state index is 0.204. The SMILES string of the molecule is CC(N)Cc1ccc(Br)cc1N(CC1CC1)C(C)C. The zero-order valence-corrected chi connectivity index (χ0v) is 13.8. The van der Waals surface area contributed by atoms with Crippen LogP contribution in [0.5, 0.6) is 0 Å². The number of rotatable bonds is 6. The number of nitrogens with zero attached hydrogens (tertiary/aromatic N) is 1. The summed E-state index contributed by atoms with van der Waals surface area (Å²) >= 11 is 3.60. The number of hydrogen-bond donors (Lipinski definition) is 1. The van der Waals surface area contributed by atoms with Crippen molar-refractivity contribution < 1.29 is 0 Å². The van der Waals surface area contributed by atoms with Crippen LogP contribution in [-0.2, 0) is 6.42 Å². The van der Waals surface area contributed by atoms with Gasteiger partial charge < -0.3 is 10.6 Å². The molecule has 2 N–H and O–H groups in total. The van der Waals surface area contributed by atoms with Crippen LogP contribution in [0.25, 0.3) is 0 Å². The molecular formula is C16H25BrN2. The van der Waals surface area contributed by atoms with E-state index in [0.717, 1.165) is 16.8 Å². The minimum Gasteiger partial charge on any atom is -0.369 e. The van der Waals surface area contributed by atoms with E-state index in [2.05, 4.69) is 59.8 Å². The second kappa shape index (κ2) is 6.27. The topological polar surface area (TPSA) is 29.3 Å². The summed E-state index contributed by atoms with van der Waals surface area (Å²) in [6, 6.07) is 7.32. The predicted octanol–water partition coefficient (Wildman–Crippen LogP) is 3.96. The number of hydrogen-bond acceptors (Lipinski definition) is 2. The third-order valence-electron chi connectivity index (χ3n) is 3.67. The van der Waals surface area contributed by atoms with Crippen LogP contribution >= 0.6 is 15.9 Å². The van der Waals surface area contributed by atoms with Gasteiger partial charge >= 0.3 is 0 Å². The zero-order valence-electron chi connectivity index (χ0n) is 12.2. The minimum atomic E-state index is 0.204. The van der Waals surface area contributed by atoms with Gasteiger partial charge in [0.05, 0.1) is 0 Å². The first-order chi connectivity index (χ1) is 8.97. The molecule has 1 saturated carbocycles. The highest BCUT2D eigenvalue weighted by Gasteiger charge is 2.26. The molecule has 1 aliphatic carbocycles. The molecule has 1 atom stereocenters. The lowest BCUT2D eigenvalue weighted by molar-refractivity contribution is 0.637. The third-order valence-corrected chi connectivity index (χ3v) is 4.17. The highest BCUT2D eigenvalue weighted by atomic mass is 79.9. The smallest absolute Gasteiger partial charge is 0.0413 e. The summed E-state index contributed by atoms with van der Waals surface area (Å²) in [7, 11) is 0. The molecular weight excluding hydrogens is 300 g/mol. The Kier molecular flexibility index (Phi) is 4.91. The van der Waals surface area contributed by atoms with Gasteiger partial charge in [-0.3, -0.25) is 0 Å². The predicted molar refractivity (Wildman–Crippen MR) is 86.7 cm³/mol. The van der Waals surface area contributed by atoms with Crippen LogP contribution in [-0.4, -0.2) is 18.6 Å².